The van der Waals surface area contributed by atoms with E-state index in [9.17, 15) is 14.0 Å². The fourth-order valence-electron chi connectivity index (χ4n) is 5.38. The van der Waals surface area contributed by atoms with Crippen LogP contribution in [-0.4, -0.2) is 41.2 Å². The lowest BCUT2D eigenvalue weighted by Crippen LogP contribution is -2.37. The van der Waals surface area contributed by atoms with E-state index in [1.54, 1.807) is 21.9 Å². The Bertz CT molecular complexity index is 1500. The predicted octanol–water partition coefficient (Wildman–Crippen LogP) is 5.59. The molecule has 2 heterocycles. The van der Waals surface area contributed by atoms with Gasteiger partial charge in [-0.05, 0) is 67.8 Å². The molecule has 0 radical (unpaired) electrons. The minimum Gasteiger partial charge on any atom is -0.361 e. The van der Waals surface area contributed by atoms with E-state index in [-0.39, 0.29) is 43.2 Å². The molecule has 0 spiro atoms. The van der Waals surface area contributed by atoms with Crippen LogP contribution < -0.4 is 9.80 Å². The molecule has 0 N–H and O–H groups in total. The monoisotopic (exact) mass is 528 g/mol. The molecule has 1 saturated heterocycles. The maximum atomic E-state index is 14.0. The molecule has 0 bridgehead atoms. The highest BCUT2D eigenvalue weighted by Crippen LogP contribution is 2.34. The van der Waals surface area contributed by atoms with Crippen molar-refractivity contribution in [1.82, 2.24) is 9.55 Å². The van der Waals surface area contributed by atoms with E-state index in [0.717, 1.165) is 34.3 Å². The van der Waals surface area contributed by atoms with Gasteiger partial charge in [-0.1, -0.05) is 37.3 Å². The smallest absolute Gasteiger partial charge is 0.248 e. The highest BCUT2D eigenvalue weighted by Gasteiger charge is 2.35. The maximum Gasteiger partial charge on any atom is 0.248 e. The van der Waals surface area contributed by atoms with Crippen LogP contribution in [0.2, 0.25) is 0 Å². The number of benzene rings is 3. The highest BCUT2D eigenvalue weighted by molar-refractivity contribution is 5.97. The second kappa shape index (κ2) is 11.4. The molecule has 7 nitrogen and oxygen atoms in total. The fourth-order valence-corrected chi connectivity index (χ4v) is 5.38. The molecule has 39 heavy (non-hydrogen) atoms. The Balaban J connectivity index is 1.50. The first-order chi connectivity index (χ1) is 18.9. The van der Waals surface area contributed by atoms with Crippen LogP contribution in [0.25, 0.3) is 11.0 Å². The summed E-state index contributed by atoms with van der Waals surface area (Å²) in [5, 5.41) is 0. The first kappa shape index (κ1) is 26.6. The molecular formula is C31H33FN4O3. The number of aryl methyl sites for hydroxylation is 2. The Kier molecular flexibility index (Phi) is 7.74. The molecule has 1 aliphatic heterocycles. The van der Waals surface area contributed by atoms with Crippen molar-refractivity contribution in [3.63, 3.8) is 0 Å². The number of fused-ring (bicyclic) bond motifs is 1. The van der Waals surface area contributed by atoms with E-state index in [4.69, 9.17) is 9.72 Å². The van der Waals surface area contributed by atoms with Crippen LogP contribution in [0.1, 0.15) is 43.1 Å². The van der Waals surface area contributed by atoms with Gasteiger partial charge in [0.05, 0.1) is 16.7 Å². The van der Waals surface area contributed by atoms with Crippen molar-refractivity contribution in [2.45, 2.75) is 46.1 Å². The standard InChI is InChI=1S/C31H33FN4O3/c1-4-22-10-8-9-21(3)30(22)36(20-39-5-2)29(38)19-35-27-12-7-6-11-26(27)33-31(35)23-17-28(37)34(18-23)25-15-13-24(32)14-16-25/h6-16,23H,4-5,17-20H2,1-3H3. The molecule has 8 heteroatoms. The SMILES string of the molecule is CCOCN(C(=O)Cn1c(C2CC(=O)N(c3ccc(F)cc3)C2)nc2ccccc21)c1c(C)cccc1CC. The van der Waals surface area contributed by atoms with Gasteiger partial charge in [0.2, 0.25) is 11.8 Å². The van der Waals surface area contributed by atoms with Gasteiger partial charge in [0, 0.05) is 31.2 Å². The molecule has 202 valence electrons. The van der Waals surface area contributed by atoms with Gasteiger partial charge in [-0.25, -0.2) is 9.37 Å². The summed E-state index contributed by atoms with van der Waals surface area (Å²) < 4.78 is 21.2. The number of hydrogen-bond donors (Lipinski definition) is 0. The van der Waals surface area contributed by atoms with E-state index in [1.807, 2.05) is 60.9 Å². The minimum absolute atomic E-state index is 0.0537. The predicted molar refractivity (Wildman–Crippen MR) is 150 cm³/mol. The summed E-state index contributed by atoms with van der Waals surface area (Å²) in [6.45, 7) is 7.09. The first-order valence-electron chi connectivity index (χ1n) is 13.4. The van der Waals surface area contributed by atoms with E-state index < -0.39 is 0 Å². The third-order valence-corrected chi connectivity index (χ3v) is 7.30. The minimum atomic E-state index is -0.348. The Morgan fingerprint density at radius 1 is 1.08 bits per heavy atom. The summed E-state index contributed by atoms with van der Waals surface area (Å²) in [7, 11) is 0. The number of carbonyl (C=O) groups is 2. The summed E-state index contributed by atoms with van der Waals surface area (Å²) >= 11 is 0. The number of para-hydroxylation sites is 3. The van der Waals surface area contributed by atoms with Gasteiger partial charge < -0.3 is 14.2 Å². The van der Waals surface area contributed by atoms with Crippen molar-refractivity contribution in [2.24, 2.45) is 0 Å². The topological polar surface area (TPSA) is 67.7 Å². The van der Waals surface area contributed by atoms with Crippen molar-refractivity contribution in [3.05, 3.63) is 89.5 Å². The molecule has 3 aromatic carbocycles. The van der Waals surface area contributed by atoms with E-state index in [0.29, 0.717) is 24.7 Å². The van der Waals surface area contributed by atoms with E-state index >= 15 is 0 Å². The lowest BCUT2D eigenvalue weighted by atomic mass is 10.0. The van der Waals surface area contributed by atoms with Crippen LogP contribution in [-0.2, 0) is 27.3 Å². The quantitative estimate of drug-likeness (QED) is 0.266. The van der Waals surface area contributed by atoms with Gasteiger partial charge in [-0.15, -0.1) is 0 Å². The summed E-state index contributed by atoms with van der Waals surface area (Å²) in [5.41, 5.74) is 5.23. The van der Waals surface area contributed by atoms with Crippen molar-refractivity contribution in [2.75, 3.05) is 29.7 Å². The Labute approximate surface area is 227 Å². The van der Waals surface area contributed by atoms with Crippen LogP contribution >= 0.6 is 0 Å². The van der Waals surface area contributed by atoms with Crippen molar-refractivity contribution in [3.8, 4) is 0 Å². The van der Waals surface area contributed by atoms with Crippen LogP contribution in [0.5, 0.6) is 0 Å². The normalized spacial score (nSPS) is 15.3. The van der Waals surface area contributed by atoms with Gasteiger partial charge in [0.15, 0.2) is 0 Å². The highest BCUT2D eigenvalue weighted by atomic mass is 19.1. The van der Waals surface area contributed by atoms with Gasteiger partial charge in [-0.2, -0.15) is 0 Å². The number of halogens is 1. The summed E-state index contributed by atoms with van der Waals surface area (Å²) in [6.07, 6.45) is 1.05. The molecule has 1 aliphatic rings. The molecule has 1 atom stereocenters. The number of aromatic nitrogens is 2. The lowest BCUT2D eigenvalue weighted by Gasteiger charge is -2.27. The molecule has 0 saturated carbocycles. The van der Waals surface area contributed by atoms with E-state index in [2.05, 4.69) is 6.92 Å². The van der Waals surface area contributed by atoms with Crippen molar-refractivity contribution < 1.29 is 18.7 Å². The Morgan fingerprint density at radius 2 is 1.85 bits per heavy atom. The van der Waals surface area contributed by atoms with Crippen LogP contribution in [0.15, 0.2) is 66.7 Å². The van der Waals surface area contributed by atoms with Crippen molar-refractivity contribution in [1.29, 1.82) is 0 Å². The molecular weight excluding hydrogens is 495 g/mol. The average molecular weight is 529 g/mol. The van der Waals surface area contributed by atoms with Gasteiger partial charge >= 0.3 is 0 Å². The molecule has 5 rings (SSSR count). The third-order valence-electron chi connectivity index (χ3n) is 7.30. The largest absolute Gasteiger partial charge is 0.361 e. The third kappa shape index (κ3) is 5.29. The van der Waals surface area contributed by atoms with Crippen LogP contribution in [0.4, 0.5) is 15.8 Å². The molecule has 1 unspecified atom stereocenters. The van der Waals surface area contributed by atoms with E-state index in [1.165, 1.54) is 12.1 Å². The number of nitrogens with zero attached hydrogens (tertiary/aromatic N) is 4. The number of amides is 2. The number of carbonyl (C=O) groups excluding carboxylic acids is 2. The number of anilines is 2. The zero-order valence-corrected chi connectivity index (χ0v) is 22.6. The second-order valence-corrected chi connectivity index (χ2v) is 9.81. The molecule has 4 aromatic rings. The summed E-state index contributed by atoms with van der Waals surface area (Å²) in [6, 6.07) is 19.7. The maximum absolute atomic E-state index is 14.0. The number of rotatable bonds is 9. The summed E-state index contributed by atoms with van der Waals surface area (Å²) in [5.74, 6) is -0.0375. The van der Waals surface area contributed by atoms with Gasteiger partial charge in [-0.3, -0.25) is 14.5 Å². The van der Waals surface area contributed by atoms with Crippen LogP contribution in [0, 0.1) is 12.7 Å². The number of ether oxygens (including phenoxy) is 1. The van der Waals surface area contributed by atoms with Crippen molar-refractivity contribution >= 4 is 34.2 Å². The lowest BCUT2D eigenvalue weighted by molar-refractivity contribution is -0.120. The molecule has 0 aliphatic carbocycles. The van der Waals surface area contributed by atoms with Gasteiger partial charge in [0.1, 0.15) is 24.9 Å². The average Bonchev–Trinajstić information content (AvgIpc) is 3.50. The number of hydrogen-bond acceptors (Lipinski definition) is 4. The fraction of sp³-hybridized carbons (Fsp3) is 0.323. The molecule has 1 aromatic heterocycles. The van der Waals surface area contributed by atoms with Crippen LogP contribution in [0.3, 0.4) is 0 Å². The second-order valence-electron chi connectivity index (χ2n) is 9.81. The van der Waals surface area contributed by atoms with Gasteiger partial charge in [0.25, 0.3) is 0 Å². The zero-order valence-electron chi connectivity index (χ0n) is 22.6. The molecule has 1 fully saturated rings. The molecule has 2 amide bonds. The first-order valence-corrected chi connectivity index (χ1v) is 13.4. The number of imidazole rings is 1. The Hall–Kier alpha value is -4.04. The summed E-state index contributed by atoms with van der Waals surface area (Å²) in [4.78, 5) is 35.3. The Morgan fingerprint density at radius 3 is 2.59 bits per heavy atom. The zero-order chi connectivity index (χ0) is 27.5.